The molecular formula is C27H31N3O3S. The number of likely N-dealkylation sites (N-methyl/N-ethyl adjacent to an activating group) is 1. The Bertz CT molecular complexity index is 1160. The molecule has 34 heavy (non-hydrogen) atoms. The van der Waals surface area contributed by atoms with Crippen molar-refractivity contribution in [3.05, 3.63) is 71.8 Å². The fourth-order valence-electron chi connectivity index (χ4n) is 4.22. The number of aryl methyl sites for hydroxylation is 1. The molecule has 0 aromatic heterocycles. The lowest BCUT2D eigenvalue weighted by Gasteiger charge is -2.35. The molecule has 0 bridgehead atoms. The van der Waals surface area contributed by atoms with Crippen LogP contribution in [0.4, 0.5) is 11.4 Å². The third-order valence-electron chi connectivity index (χ3n) is 6.27. The summed E-state index contributed by atoms with van der Waals surface area (Å²) in [5.41, 5.74) is 5.42. The maximum Gasteiger partial charge on any atom is 0.255 e. The van der Waals surface area contributed by atoms with Crippen LogP contribution in [0.25, 0.3) is 11.1 Å². The number of nitrogens with one attached hydrogen (secondary N) is 1. The Balaban J connectivity index is 1.51. The fourth-order valence-corrected chi connectivity index (χ4v) is 4.74. The van der Waals surface area contributed by atoms with Crippen LogP contribution in [0.3, 0.4) is 0 Å². The number of ether oxygens (including phenoxy) is 1. The van der Waals surface area contributed by atoms with Gasteiger partial charge in [-0.25, -0.2) is 0 Å². The van der Waals surface area contributed by atoms with E-state index in [2.05, 4.69) is 22.2 Å². The zero-order chi connectivity index (χ0) is 24.2. The van der Waals surface area contributed by atoms with Gasteiger partial charge in [0.1, 0.15) is 12.0 Å². The van der Waals surface area contributed by atoms with Crippen LogP contribution < -0.4 is 15.0 Å². The van der Waals surface area contributed by atoms with Crippen LogP contribution in [0.5, 0.6) is 5.75 Å². The smallest absolute Gasteiger partial charge is 0.255 e. The molecule has 1 amide bonds. The van der Waals surface area contributed by atoms with E-state index in [1.807, 2.05) is 67.6 Å². The van der Waals surface area contributed by atoms with E-state index in [9.17, 15) is 9.35 Å². The van der Waals surface area contributed by atoms with Crippen LogP contribution in [0.1, 0.15) is 15.9 Å². The summed E-state index contributed by atoms with van der Waals surface area (Å²) in [6.07, 6.45) is 1.67. The first-order valence-corrected chi connectivity index (χ1v) is 12.9. The number of nitrogens with zero attached hydrogens (tertiary/aromatic N) is 2. The predicted octanol–water partition coefficient (Wildman–Crippen LogP) is 4.41. The molecule has 0 saturated carbocycles. The molecule has 7 heteroatoms. The molecule has 0 spiro atoms. The van der Waals surface area contributed by atoms with Gasteiger partial charge in [0.15, 0.2) is 4.90 Å². The minimum atomic E-state index is -1.00. The Labute approximate surface area is 204 Å². The molecule has 1 fully saturated rings. The first kappa shape index (κ1) is 24.1. The van der Waals surface area contributed by atoms with Crippen molar-refractivity contribution in [3.63, 3.8) is 0 Å². The van der Waals surface area contributed by atoms with Gasteiger partial charge in [0, 0.05) is 37.4 Å². The Morgan fingerprint density at radius 1 is 1.00 bits per heavy atom. The SMILES string of the molecule is COc1ccc(NC(=O)c2ccc(-c3ccc([S+](C)[O-])cc3)c(C)c2)cc1N1CCN(C)CC1. The molecule has 1 N–H and O–H groups in total. The number of amides is 1. The van der Waals surface area contributed by atoms with Crippen molar-refractivity contribution in [2.24, 2.45) is 0 Å². The molecule has 1 atom stereocenters. The molecule has 1 unspecified atom stereocenters. The largest absolute Gasteiger partial charge is 0.612 e. The fraction of sp³-hybridized carbons (Fsp3) is 0.296. The van der Waals surface area contributed by atoms with Gasteiger partial charge in [-0.05, 0) is 96.4 Å². The third kappa shape index (κ3) is 5.38. The van der Waals surface area contributed by atoms with Gasteiger partial charge in [-0.1, -0.05) is 6.07 Å². The lowest BCUT2D eigenvalue weighted by molar-refractivity contribution is 0.102. The monoisotopic (exact) mass is 477 g/mol. The Morgan fingerprint density at radius 3 is 2.32 bits per heavy atom. The van der Waals surface area contributed by atoms with Crippen LogP contribution in [0.2, 0.25) is 0 Å². The molecule has 3 aromatic carbocycles. The molecule has 0 radical (unpaired) electrons. The van der Waals surface area contributed by atoms with Crippen LogP contribution >= 0.6 is 0 Å². The van der Waals surface area contributed by atoms with Gasteiger partial charge >= 0.3 is 0 Å². The van der Waals surface area contributed by atoms with E-state index >= 15 is 0 Å². The highest BCUT2D eigenvalue weighted by Crippen LogP contribution is 2.32. The van der Waals surface area contributed by atoms with Gasteiger partial charge in [-0.3, -0.25) is 4.79 Å². The number of methoxy groups -OCH3 is 1. The van der Waals surface area contributed by atoms with Gasteiger partial charge in [-0.15, -0.1) is 0 Å². The second kappa shape index (κ2) is 10.5. The maximum absolute atomic E-state index is 13.0. The molecule has 1 aliphatic heterocycles. The van der Waals surface area contributed by atoms with E-state index in [0.717, 1.165) is 64.9 Å². The minimum absolute atomic E-state index is 0.152. The average molecular weight is 478 g/mol. The lowest BCUT2D eigenvalue weighted by Crippen LogP contribution is -2.44. The van der Waals surface area contributed by atoms with Gasteiger partial charge < -0.3 is 24.4 Å². The van der Waals surface area contributed by atoms with Gasteiger partial charge in [0.05, 0.1) is 12.8 Å². The van der Waals surface area contributed by atoms with Gasteiger partial charge in [-0.2, -0.15) is 0 Å². The molecule has 1 aliphatic rings. The molecular weight excluding hydrogens is 446 g/mol. The predicted molar refractivity (Wildman–Crippen MR) is 140 cm³/mol. The normalized spacial score (nSPS) is 15.1. The number of anilines is 2. The quantitative estimate of drug-likeness (QED) is 0.533. The van der Waals surface area contributed by atoms with Crippen LogP contribution in [-0.2, 0) is 11.2 Å². The van der Waals surface area contributed by atoms with Crippen molar-refractivity contribution in [1.29, 1.82) is 0 Å². The summed E-state index contributed by atoms with van der Waals surface area (Å²) >= 11 is -1.00. The van der Waals surface area contributed by atoms with Crippen LogP contribution in [0, 0.1) is 6.92 Å². The van der Waals surface area contributed by atoms with E-state index in [0.29, 0.717) is 5.56 Å². The van der Waals surface area contributed by atoms with Gasteiger partial charge in [0.25, 0.3) is 5.91 Å². The van der Waals surface area contributed by atoms with Crippen LogP contribution in [-0.4, -0.2) is 62.0 Å². The van der Waals surface area contributed by atoms with Crippen molar-refractivity contribution in [3.8, 4) is 16.9 Å². The summed E-state index contributed by atoms with van der Waals surface area (Å²) in [5, 5.41) is 3.04. The van der Waals surface area contributed by atoms with Crippen molar-refractivity contribution in [2.75, 3.05) is 56.8 Å². The highest BCUT2D eigenvalue weighted by atomic mass is 32.2. The topological polar surface area (TPSA) is 67.9 Å². The van der Waals surface area contributed by atoms with Crippen LogP contribution in [0.15, 0.2) is 65.6 Å². The number of carbonyl (C=O) groups is 1. The van der Waals surface area contributed by atoms with E-state index < -0.39 is 11.2 Å². The number of piperazine rings is 1. The number of benzene rings is 3. The van der Waals surface area contributed by atoms with Crippen molar-refractivity contribution >= 4 is 28.5 Å². The second-order valence-electron chi connectivity index (χ2n) is 8.64. The van der Waals surface area contributed by atoms with Crippen molar-refractivity contribution in [2.45, 2.75) is 11.8 Å². The van der Waals surface area contributed by atoms with E-state index in [1.165, 1.54) is 0 Å². The first-order valence-electron chi connectivity index (χ1n) is 11.3. The summed E-state index contributed by atoms with van der Waals surface area (Å²) in [7, 11) is 3.80. The summed E-state index contributed by atoms with van der Waals surface area (Å²) in [6.45, 7) is 5.81. The molecule has 0 aliphatic carbocycles. The Kier molecular flexibility index (Phi) is 7.46. The van der Waals surface area contributed by atoms with E-state index in [4.69, 9.17) is 4.74 Å². The second-order valence-corrected chi connectivity index (χ2v) is 10.0. The standard InChI is InChI=1S/C27H31N3O3S/c1-19-17-21(7-11-24(19)20-5-9-23(10-6-20)34(4)32)27(31)28-22-8-12-26(33-3)25(18-22)30-15-13-29(2)14-16-30/h5-12,17-18H,13-16H2,1-4H3,(H,28,31). The molecule has 178 valence electrons. The first-order chi connectivity index (χ1) is 16.4. The Morgan fingerprint density at radius 2 is 1.71 bits per heavy atom. The molecule has 1 saturated heterocycles. The highest BCUT2D eigenvalue weighted by Gasteiger charge is 2.19. The molecule has 4 rings (SSSR count). The number of rotatable bonds is 6. The molecule has 6 nitrogen and oxygen atoms in total. The maximum atomic E-state index is 13.0. The summed E-state index contributed by atoms with van der Waals surface area (Å²) < 4.78 is 17.2. The summed E-state index contributed by atoms with van der Waals surface area (Å²) in [6, 6.07) is 19.2. The average Bonchev–Trinajstić information content (AvgIpc) is 2.84. The summed E-state index contributed by atoms with van der Waals surface area (Å²) in [4.78, 5) is 18.4. The highest BCUT2D eigenvalue weighted by molar-refractivity contribution is 7.90. The van der Waals surface area contributed by atoms with E-state index in [-0.39, 0.29) is 5.91 Å². The van der Waals surface area contributed by atoms with E-state index in [1.54, 1.807) is 13.4 Å². The Hall–Kier alpha value is -3.00. The lowest BCUT2D eigenvalue weighted by atomic mass is 9.98. The van der Waals surface area contributed by atoms with Crippen molar-refractivity contribution < 1.29 is 14.1 Å². The summed E-state index contributed by atoms with van der Waals surface area (Å²) in [5.74, 6) is 0.654. The zero-order valence-electron chi connectivity index (χ0n) is 20.1. The van der Waals surface area contributed by atoms with Gasteiger partial charge in [0.2, 0.25) is 0 Å². The number of hydrogen-bond donors (Lipinski definition) is 1. The molecule has 3 aromatic rings. The molecule has 1 heterocycles. The zero-order valence-corrected chi connectivity index (χ0v) is 20.9. The minimum Gasteiger partial charge on any atom is -0.612 e. The number of carbonyl (C=O) groups excluding carboxylic acids is 1. The number of hydrogen-bond acceptors (Lipinski definition) is 5. The third-order valence-corrected chi connectivity index (χ3v) is 7.20. The van der Waals surface area contributed by atoms with Crippen molar-refractivity contribution in [1.82, 2.24) is 4.90 Å².